The summed E-state index contributed by atoms with van der Waals surface area (Å²) in [5.41, 5.74) is 3.79. The Labute approximate surface area is 221 Å². The van der Waals surface area contributed by atoms with Gasteiger partial charge in [0.25, 0.3) is 5.91 Å². The molecule has 1 amide bonds. The molecule has 0 saturated heterocycles. The molecule has 38 heavy (non-hydrogen) atoms. The lowest BCUT2D eigenvalue weighted by atomic mass is 9.97. The number of fused-ring (bicyclic) bond motifs is 2. The first-order chi connectivity index (χ1) is 18.4. The monoisotopic (exact) mass is 513 g/mol. The zero-order chi connectivity index (χ0) is 27.0. The van der Waals surface area contributed by atoms with E-state index in [1.54, 1.807) is 36.3 Å². The molecule has 5 rings (SSSR count). The average molecular weight is 514 g/mol. The fraction of sp³-hybridized carbons (Fsp3) is 0.290. The Morgan fingerprint density at radius 2 is 1.63 bits per heavy atom. The molecule has 0 radical (unpaired) electrons. The predicted molar refractivity (Wildman–Crippen MR) is 147 cm³/mol. The smallest absolute Gasteiger partial charge is 0.295 e. The van der Waals surface area contributed by atoms with Gasteiger partial charge in [0.05, 0.1) is 37.3 Å². The van der Waals surface area contributed by atoms with Crippen LogP contribution < -0.4 is 24.5 Å². The molecule has 1 unspecified atom stereocenters. The van der Waals surface area contributed by atoms with Crippen molar-refractivity contribution in [2.24, 2.45) is 0 Å². The Hall–Kier alpha value is -4.26. The number of aryl methyl sites for hydroxylation is 2. The van der Waals surface area contributed by atoms with Gasteiger partial charge in [0.15, 0.2) is 16.9 Å². The van der Waals surface area contributed by atoms with Crippen LogP contribution in [-0.4, -0.2) is 26.2 Å². The number of anilines is 1. The molecule has 0 bridgehead atoms. The normalized spacial score (nSPS) is 14.6. The van der Waals surface area contributed by atoms with E-state index in [2.05, 4.69) is 0 Å². The van der Waals surface area contributed by atoms with Crippen LogP contribution in [0.1, 0.15) is 59.1 Å². The number of rotatable bonds is 8. The molecule has 4 aromatic rings. The number of carbonyl (C=O) groups excluding carboxylic acids is 1. The molecular formula is C31H31NO6. The van der Waals surface area contributed by atoms with E-state index in [9.17, 15) is 9.59 Å². The number of benzene rings is 3. The molecule has 7 heteroatoms. The highest BCUT2D eigenvalue weighted by Crippen LogP contribution is 2.43. The molecule has 196 valence electrons. The maximum atomic E-state index is 14.0. The van der Waals surface area contributed by atoms with E-state index >= 15 is 0 Å². The molecule has 2 heterocycles. The summed E-state index contributed by atoms with van der Waals surface area (Å²) in [6.07, 6.45) is 0.857. The van der Waals surface area contributed by atoms with Gasteiger partial charge >= 0.3 is 0 Å². The Morgan fingerprint density at radius 1 is 0.895 bits per heavy atom. The highest BCUT2D eigenvalue weighted by molar-refractivity contribution is 6.10. The molecule has 1 aliphatic rings. The predicted octanol–water partition coefficient (Wildman–Crippen LogP) is 6.36. The van der Waals surface area contributed by atoms with Crippen molar-refractivity contribution in [1.29, 1.82) is 0 Å². The summed E-state index contributed by atoms with van der Waals surface area (Å²) in [5, 5.41) is 0.453. The number of ether oxygens (including phenoxy) is 3. The van der Waals surface area contributed by atoms with Crippen molar-refractivity contribution in [1.82, 2.24) is 0 Å². The molecule has 1 aliphatic heterocycles. The van der Waals surface area contributed by atoms with E-state index in [0.717, 1.165) is 23.1 Å². The molecule has 3 aromatic carbocycles. The Balaban J connectivity index is 1.75. The number of carbonyl (C=O) groups is 1. The molecule has 0 aliphatic carbocycles. The van der Waals surface area contributed by atoms with Crippen LogP contribution in [-0.2, 0) is 0 Å². The minimum atomic E-state index is -0.715. The van der Waals surface area contributed by atoms with Crippen molar-refractivity contribution < 1.29 is 23.4 Å². The van der Waals surface area contributed by atoms with E-state index in [4.69, 9.17) is 18.6 Å². The fourth-order valence-electron chi connectivity index (χ4n) is 4.85. The first-order valence-corrected chi connectivity index (χ1v) is 12.8. The summed E-state index contributed by atoms with van der Waals surface area (Å²) in [6, 6.07) is 15.7. The minimum absolute atomic E-state index is 0.0517. The van der Waals surface area contributed by atoms with Gasteiger partial charge in [-0.25, -0.2) is 0 Å². The Kier molecular flexibility index (Phi) is 6.85. The van der Waals surface area contributed by atoms with Crippen LogP contribution >= 0.6 is 0 Å². The minimum Gasteiger partial charge on any atom is -0.497 e. The second-order valence-corrected chi connectivity index (χ2v) is 9.37. The second-order valence-electron chi connectivity index (χ2n) is 9.37. The largest absolute Gasteiger partial charge is 0.497 e. The number of methoxy groups -OCH3 is 1. The van der Waals surface area contributed by atoms with E-state index < -0.39 is 6.04 Å². The Morgan fingerprint density at radius 3 is 2.32 bits per heavy atom. The lowest BCUT2D eigenvalue weighted by Crippen LogP contribution is -2.29. The van der Waals surface area contributed by atoms with Crippen molar-refractivity contribution >= 4 is 22.6 Å². The summed E-state index contributed by atoms with van der Waals surface area (Å²) in [7, 11) is 1.59. The van der Waals surface area contributed by atoms with Gasteiger partial charge in [0, 0.05) is 5.69 Å². The van der Waals surface area contributed by atoms with Gasteiger partial charge < -0.3 is 18.6 Å². The van der Waals surface area contributed by atoms with E-state index in [-0.39, 0.29) is 17.1 Å². The van der Waals surface area contributed by atoms with Gasteiger partial charge in [-0.3, -0.25) is 14.5 Å². The summed E-state index contributed by atoms with van der Waals surface area (Å²) < 4.78 is 23.3. The van der Waals surface area contributed by atoms with Crippen molar-refractivity contribution in [2.45, 2.75) is 40.2 Å². The van der Waals surface area contributed by atoms with Gasteiger partial charge in [-0.1, -0.05) is 13.0 Å². The first-order valence-electron chi connectivity index (χ1n) is 12.8. The SMILES string of the molecule is CCCOc1ccc(C2c3c(oc4cc(C)c(C)cc4c3=O)C(=O)N2c2ccc(OC)cc2)cc1OCC. The molecule has 7 nitrogen and oxygen atoms in total. The van der Waals surface area contributed by atoms with Crippen molar-refractivity contribution in [3.05, 3.63) is 92.8 Å². The number of hydrogen-bond acceptors (Lipinski definition) is 6. The van der Waals surface area contributed by atoms with Crippen molar-refractivity contribution in [3.8, 4) is 17.2 Å². The highest BCUT2D eigenvalue weighted by Gasteiger charge is 2.44. The number of amides is 1. The van der Waals surface area contributed by atoms with Crippen LogP contribution in [0.5, 0.6) is 17.2 Å². The average Bonchev–Trinajstić information content (AvgIpc) is 3.21. The number of nitrogens with zero attached hydrogens (tertiary/aromatic N) is 1. The molecule has 0 fully saturated rings. The lowest BCUT2D eigenvalue weighted by Gasteiger charge is -2.26. The van der Waals surface area contributed by atoms with Crippen molar-refractivity contribution in [2.75, 3.05) is 25.2 Å². The summed E-state index contributed by atoms with van der Waals surface area (Å²) >= 11 is 0. The van der Waals surface area contributed by atoms with E-state index in [1.807, 2.05) is 58.0 Å². The van der Waals surface area contributed by atoms with Gasteiger partial charge in [-0.05, 0) is 92.4 Å². The molecule has 1 atom stereocenters. The second kappa shape index (κ2) is 10.2. The molecule has 0 saturated carbocycles. The summed E-state index contributed by atoms with van der Waals surface area (Å²) in [6.45, 7) is 8.84. The van der Waals surface area contributed by atoms with Gasteiger partial charge in [0.2, 0.25) is 5.76 Å². The maximum Gasteiger partial charge on any atom is 0.295 e. The third-order valence-electron chi connectivity index (χ3n) is 6.88. The van der Waals surface area contributed by atoms with Crippen LogP contribution in [0.2, 0.25) is 0 Å². The van der Waals surface area contributed by atoms with Crippen LogP contribution in [0.15, 0.2) is 63.8 Å². The third kappa shape index (κ3) is 4.28. The Bertz CT molecular complexity index is 1570. The summed E-state index contributed by atoms with van der Waals surface area (Å²) in [5.74, 6) is 1.52. The van der Waals surface area contributed by atoms with Gasteiger partial charge in [-0.15, -0.1) is 0 Å². The summed E-state index contributed by atoms with van der Waals surface area (Å²) in [4.78, 5) is 29.5. The van der Waals surface area contributed by atoms with E-state index in [0.29, 0.717) is 52.7 Å². The molecule has 0 N–H and O–H groups in total. The zero-order valence-corrected chi connectivity index (χ0v) is 22.3. The number of hydrogen-bond donors (Lipinski definition) is 0. The van der Waals surface area contributed by atoms with Gasteiger partial charge in [-0.2, -0.15) is 0 Å². The lowest BCUT2D eigenvalue weighted by molar-refractivity contribution is 0.0971. The van der Waals surface area contributed by atoms with Crippen LogP contribution in [0.4, 0.5) is 5.69 Å². The fourth-order valence-corrected chi connectivity index (χ4v) is 4.85. The van der Waals surface area contributed by atoms with Crippen LogP contribution in [0.25, 0.3) is 11.0 Å². The molecule has 1 aromatic heterocycles. The topological polar surface area (TPSA) is 78.2 Å². The van der Waals surface area contributed by atoms with Gasteiger partial charge in [0.1, 0.15) is 11.3 Å². The van der Waals surface area contributed by atoms with E-state index in [1.165, 1.54) is 0 Å². The highest BCUT2D eigenvalue weighted by atomic mass is 16.5. The molecule has 0 spiro atoms. The molecular weight excluding hydrogens is 482 g/mol. The van der Waals surface area contributed by atoms with Crippen molar-refractivity contribution in [3.63, 3.8) is 0 Å². The standard InChI is InChI=1S/C31H31NO6/c1-6-14-37-24-13-8-20(17-26(24)36-7-2)28-27-29(33)23-15-18(3)19(4)16-25(23)38-30(27)31(34)32(28)21-9-11-22(35-5)12-10-21/h8-13,15-17,28H,6-7,14H2,1-5H3. The zero-order valence-electron chi connectivity index (χ0n) is 22.3. The van der Waals surface area contributed by atoms with Crippen LogP contribution in [0.3, 0.4) is 0 Å². The first kappa shape index (κ1) is 25.4. The third-order valence-corrected chi connectivity index (χ3v) is 6.88. The van der Waals surface area contributed by atoms with Crippen LogP contribution in [0, 0.1) is 13.8 Å². The maximum absolute atomic E-state index is 14.0. The quantitative estimate of drug-likeness (QED) is 0.273.